The number of aromatic amines is 1. The van der Waals surface area contributed by atoms with Crippen molar-refractivity contribution < 1.29 is 9.53 Å². The second-order valence-electron chi connectivity index (χ2n) is 5.19. The molecule has 0 amide bonds. The van der Waals surface area contributed by atoms with Crippen LogP contribution < -0.4 is 5.43 Å². The standard InChI is InChI=1S/C17H17N5O2S2/c1-12(14-8-5-9-25-14)19-20-16-18-17(22-21-16)26-11-15(23)24-10-13-6-3-2-4-7-13/h2-9H,10-11H2,1H3,(H2,18,20,21,22). The summed E-state index contributed by atoms with van der Waals surface area (Å²) in [6.07, 6.45) is 0. The summed E-state index contributed by atoms with van der Waals surface area (Å²) in [5.74, 6) is 0.243. The number of nitrogens with one attached hydrogen (secondary N) is 2. The molecule has 2 heterocycles. The fraction of sp³-hybridized carbons (Fsp3) is 0.176. The minimum atomic E-state index is -0.315. The average molecular weight is 387 g/mol. The third kappa shape index (κ3) is 5.43. The number of ether oxygens (including phenoxy) is 1. The van der Waals surface area contributed by atoms with Crippen molar-refractivity contribution in [3.8, 4) is 0 Å². The van der Waals surface area contributed by atoms with Crippen molar-refractivity contribution in [2.45, 2.75) is 18.7 Å². The molecule has 0 saturated heterocycles. The highest BCUT2D eigenvalue weighted by Crippen LogP contribution is 2.15. The first-order valence-electron chi connectivity index (χ1n) is 7.79. The van der Waals surface area contributed by atoms with Crippen LogP contribution in [0.2, 0.25) is 0 Å². The Labute approximate surface area is 158 Å². The predicted octanol–water partition coefficient (Wildman–Crippen LogP) is 3.54. The molecule has 134 valence electrons. The number of rotatable bonds is 8. The molecule has 0 aliphatic carbocycles. The van der Waals surface area contributed by atoms with E-state index in [0.29, 0.717) is 11.1 Å². The Bertz CT molecular complexity index is 862. The lowest BCUT2D eigenvalue weighted by molar-refractivity contribution is -0.141. The quantitative estimate of drug-likeness (QED) is 0.266. The van der Waals surface area contributed by atoms with Gasteiger partial charge in [-0.3, -0.25) is 4.79 Å². The second kappa shape index (κ2) is 9.16. The number of benzene rings is 1. The Kier molecular flexibility index (Phi) is 6.39. The van der Waals surface area contributed by atoms with Gasteiger partial charge in [-0.05, 0) is 23.9 Å². The van der Waals surface area contributed by atoms with E-state index in [4.69, 9.17) is 4.74 Å². The van der Waals surface area contributed by atoms with Crippen LogP contribution in [0.25, 0.3) is 0 Å². The number of hydrazone groups is 1. The van der Waals surface area contributed by atoms with Crippen LogP contribution >= 0.6 is 23.1 Å². The summed E-state index contributed by atoms with van der Waals surface area (Å²) in [5.41, 5.74) is 4.63. The molecule has 3 aromatic rings. The summed E-state index contributed by atoms with van der Waals surface area (Å²) >= 11 is 2.82. The lowest BCUT2D eigenvalue weighted by Crippen LogP contribution is -2.07. The molecular weight excluding hydrogens is 370 g/mol. The van der Waals surface area contributed by atoms with Crippen LogP contribution in [0.4, 0.5) is 5.95 Å². The van der Waals surface area contributed by atoms with E-state index < -0.39 is 0 Å². The van der Waals surface area contributed by atoms with Crippen molar-refractivity contribution in [1.29, 1.82) is 0 Å². The van der Waals surface area contributed by atoms with Gasteiger partial charge in [0.05, 0.1) is 11.5 Å². The van der Waals surface area contributed by atoms with Gasteiger partial charge in [0, 0.05) is 4.88 Å². The number of hydrogen-bond donors (Lipinski definition) is 2. The molecule has 0 bridgehead atoms. The minimum absolute atomic E-state index is 0.140. The van der Waals surface area contributed by atoms with Gasteiger partial charge in [0.1, 0.15) is 6.61 Å². The third-order valence-corrected chi connectivity index (χ3v) is 5.03. The highest BCUT2D eigenvalue weighted by atomic mass is 32.2. The van der Waals surface area contributed by atoms with E-state index >= 15 is 0 Å². The van der Waals surface area contributed by atoms with Crippen LogP contribution in [-0.2, 0) is 16.1 Å². The van der Waals surface area contributed by atoms with E-state index in [1.165, 1.54) is 11.8 Å². The van der Waals surface area contributed by atoms with Crippen LogP contribution in [-0.4, -0.2) is 32.6 Å². The SMILES string of the molecule is CC(=NNc1nc(SCC(=O)OCc2ccccc2)n[nH]1)c1cccs1. The van der Waals surface area contributed by atoms with Crippen LogP contribution in [0, 0.1) is 0 Å². The van der Waals surface area contributed by atoms with Crippen LogP contribution in [0.5, 0.6) is 0 Å². The molecule has 0 aliphatic heterocycles. The van der Waals surface area contributed by atoms with Crippen LogP contribution in [0.3, 0.4) is 0 Å². The number of nitrogens with zero attached hydrogens (tertiary/aromatic N) is 3. The highest BCUT2D eigenvalue weighted by Gasteiger charge is 2.09. The Morgan fingerprint density at radius 1 is 1.31 bits per heavy atom. The Balaban J connectivity index is 1.43. The summed E-state index contributed by atoms with van der Waals surface area (Å²) in [7, 11) is 0. The van der Waals surface area contributed by atoms with Crippen molar-refractivity contribution in [3.05, 3.63) is 58.3 Å². The van der Waals surface area contributed by atoms with Gasteiger partial charge in [0.15, 0.2) is 0 Å². The summed E-state index contributed by atoms with van der Waals surface area (Å²) in [6.45, 7) is 2.17. The number of H-pyrrole nitrogens is 1. The Hall–Kier alpha value is -2.65. The first kappa shape index (κ1) is 18.2. The maximum absolute atomic E-state index is 11.8. The molecule has 0 spiro atoms. The largest absolute Gasteiger partial charge is 0.460 e. The van der Waals surface area contributed by atoms with Crippen molar-refractivity contribution in [2.24, 2.45) is 5.10 Å². The van der Waals surface area contributed by atoms with Gasteiger partial charge >= 0.3 is 5.97 Å². The molecule has 0 atom stereocenters. The van der Waals surface area contributed by atoms with E-state index in [2.05, 4.69) is 25.7 Å². The van der Waals surface area contributed by atoms with Gasteiger partial charge in [-0.2, -0.15) is 10.1 Å². The van der Waals surface area contributed by atoms with Crippen molar-refractivity contribution >= 4 is 40.7 Å². The molecule has 0 radical (unpaired) electrons. The fourth-order valence-corrected chi connectivity index (χ4v) is 3.21. The number of thiophene rings is 1. The Morgan fingerprint density at radius 2 is 2.15 bits per heavy atom. The smallest absolute Gasteiger partial charge is 0.316 e. The van der Waals surface area contributed by atoms with E-state index in [-0.39, 0.29) is 18.3 Å². The molecule has 2 aromatic heterocycles. The third-order valence-electron chi connectivity index (χ3n) is 3.23. The van der Waals surface area contributed by atoms with Crippen LogP contribution in [0.1, 0.15) is 17.4 Å². The van der Waals surface area contributed by atoms with Crippen LogP contribution in [0.15, 0.2) is 58.1 Å². The van der Waals surface area contributed by atoms with Crippen molar-refractivity contribution in [1.82, 2.24) is 15.2 Å². The normalized spacial score (nSPS) is 11.3. The highest BCUT2D eigenvalue weighted by molar-refractivity contribution is 7.99. The van der Waals surface area contributed by atoms with E-state index in [1.807, 2.05) is 54.8 Å². The fourth-order valence-electron chi connectivity index (χ4n) is 1.94. The molecule has 0 unspecified atom stereocenters. The number of esters is 1. The molecule has 9 heteroatoms. The van der Waals surface area contributed by atoms with Gasteiger partial charge in [-0.25, -0.2) is 10.5 Å². The zero-order valence-electron chi connectivity index (χ0n) is 14.0. The number of thioether (sulfide) groups is 1. The topological polar surface area (TPSA) is 92.3 Å². The van der Waals surface area contributed by atoms with E-state index in [0.717, 1.165) is 16.2 Å². The van der Waals surface area contributed by atoms with Gasteiger partial charge in [0.25, 0.3) is 0 Å². The monoisotopic (exact) mass is 387 g/mol. The zero-order valence-corrected chi connectivity index (χ0v) is 15.6. The number of carbonyl (C=O) groups is 1. The zero-order chi connectivity index (χ0) is 18.2. The molecule has 26 heavy (non-hydrogen) atoms. The average Bonchev–Trinajstić information content (AvgIpc) is 3.35. The molecule has 0 fully saturated rings. The van der Waals surface area contributed by atoms with Crippen molar-refractivity contribution in [2.75, 3.05) is 11.2 Å². The summed E-state index contributed by atoms with van der Waals surface area (Å²) in [4.78, 5) is 17.1. The lowest BCUT2D eigenvalue weighted by Gasteiger charge is -2.03. The number of anilines is 1. The first-order chi connectivity index (χ1) is 12.7. The maximum Gasteiger partial charge on any atom is 0.316 e. The van der Waals surface area contributed by atoms with E-state index in [1.54, 1.807) is 11.3 Å². The van der Waals surface area contributed by atoms with Gasteiger partial charge < -0.3 is 4.74 Å². The summed E-state index contributed by atoms with van der Waals surface area (Å²) in [6, 6.07) is 13.5. The van der Waals surface area contributed by atoms with Crippen molar-refractivity contribution in [3.63, 3.8) is 0 Å². The molecular formula is C17H17N5O2S2. The molecule has 3 rings (SSSR count). The Morgan fingerprint density at radius 3 is 2.92 bits per heavy atom. The van der Waals surface area contributed by atoms with E-state index in [9.17, 15) is 4.79 Å². The predicted molar refractivity (Wildman–Crippen MR) is 103 cm³/mol. The van der Waals surface area contributed by atoms with Gasteiger partial charge in [0.2, 0.25) is 11.1 Å². The second-order valence-corrected chi connectivity index (χ2v) is 7.08. The molecule has 7 nitrogen and oxygen atoms in total. The first-order valence-corrected chi connectivity index (χ1v) is 9.66. The van der Waals surface area contributed by atoms with Gasteiger partial charge in [-0.1, -0.05) is 48.2 Å². The molecule has 0 saturated carbocycles. The lowest BCUT2D eigenvalue weighted by atomic mass is 10.2. The molecule has 0 aliphatic rings. The van der Waals surface area contributed by atoms with Gasteiger partial charge in [-0.15, -0.1) is 16.4 Å². The number of aromatic nitrogens is 3. The number of hydrogen-bond acceptors (Lipinski definition) is 8. The summed E-state index contributed by atoms with van der Waals surface area (Å²) in [5, 5.41) is 13.5. The summed E-state index contributed by atoms with van der Waals surface area (Å²) < 4.78 is 5.22. The molecule has 2 N–H and O–H groups in total. The number of carbonyl (C=O) groups excluding carboxylic acids is 1. The maximum atomic E-state index is 11.8. The molecule has 1 aromatic carbocycles. The minimum Gasteiger partial charge on any atom is -0.460 e.